The van der Waals surface area contributed by atoms with Gasteiger partial charge >= 0.3 is 0 Å². The Hall–Kier alpha value is -3.38. The molecule has 3 aliphatic heterocycles. The van der Waals surface area contributed by atoms with Gasteiger partial charge in [0.1, 0.15) is 17.2 Å². The third-order valence-electron chi connectivity index (χ3n) is 11.1. The molecule has 3 aromatic carbocycles. The molecule has 1 saturated heterocycles. The molecule has 1 aliphatic carbocycles. The van der Waals surface area contributed by atoms with Crippen LogP contribution >= 0.6 is 23.2 Å². The number of halogens is 3. The van der Waals surface area contributed by atoms with E-state index in [0.29, 0.717) is 58.6 Å². The number of amides is 1. The highest BCUT2D eigenvalue weighted by atomic mass is 35.5. The lowest BCUT2D eigenvalue weighted by Gasteiger charge is -2.40. The Kier molecular flexibility index (Phi) is 8.65. The second-order valence-corrected chi connectivity index (χ2v) is 14.8. The van der Waals surface area contributed by atoms with Crippen LogP contribution in [0, 0.1) is 17.2 Å². The summed E-state index contributed by atoms with van der Waals surface area (Å²) in [5.74, 6) is -1.10. The molecule has 49 heavy (non-hydrogen) atoms. The highest BCUT2D eigenvalue weighted by Gasteiger charge is 2.69. The van der Waals surface area contributed by atoms with Crippen LogP contribution in [0.5, 0.6) is 0 Å². The van der Waals surface area contributed by atoms with Crippen LogP contribution in [-0.2, 0) is 16.9 Å². The summed E-state index contributed by atoms with van der Waals surface area (Å²) in [5, 5.41) is 33.0. The summed E-state index contributed by atoms with van der Waals surface area (Å²) < 4.78 is 18.5. The third-order valence-corrected chi connectivity index (χ3v) is 11.6. The van der Waals surface area contributed by atoms with Crippen LogP contribution in [0.4, 0.5) is 10.1 Å². The Morgan fingerprint density at radius 1 is 1.04 bits per heavy atom. The average Bonchev–Trinajstić information content (AvgIpc) is 3.68. The fraction of sp³-hybridized carbons (Fsp3) is 0.432. The lowest BCUT2D eigenvalue weighted by atomic mass is 9.70. The molecule has 9 nitrogen and oxygen atoms in total. The average molecular weight is 710 g/mol. The van der Waals surface area contributed by atoms with Gasteiger partial charge in [-0.3, -0.25) is 14.5 Å². The number of ketones is 1. The number of fused-ring (bicyclic) bond motifs is 7. The van der Waals surface area contributed by atoms with Gasteiger partial charge in [0, 0.05) is 64.6 Å². The molecule has 2 fully saturated rings. The van der Waals surface area contributed by atoms with Crippen molar-refractivity contribution >= 4 is 51.6 Å². The first-order valence-corrected chi connectivity index (χ1v) is 17.1. The summed E-state index contributed by atoms with van der Waals surface area (Å²) in [6.45, 7) is -0.339. The number of aliphatic hydroxyl groups is 3. The van der Waals surface area contributed by atoms with E-state index in [0.717, 1.165) is 23.9 Å². The van der Waals surface area contributed by atoms with Crippen LogP contribution in [0.2, 0.25) is 10.0 Å². The molecule has 258 valence electrons. The number of aromatic nitrogens is 2. The number of rotatable bonds is 9. The first-order chi connectivity index (χ1) is 23.2. The number of anilines is 1. The van der Waals surface area contributed by atoms with Gasteiger partial charge in [0.05, 0.1) is 35.9 Å². The van der Waals surface area contributed by atoms with E-state index >= 15 is 4.39 Å². The molecule has 12 heteroatoms. The van der Waals surface area contributed by atoms with E-state index in [1.54, 1.807) is 36.4 Å². The van der Waals surface area contributed by atoms with Crippen molar-refractivity contribution in [1.29, 1.82) is 0 Å². The van der Waals surface area contributed by atoms with E-state index in [9.17, 15) is 24.9 Å². The summed E-state index contributed by atoms with van der Waals surface area (Å²) in [7, 11) is 0. The molecule has 1 saturated carbocycles. The number of nitrogens with zero attached hydrogens (tertiary/aromatic N) is 3. The van der Waals surface area contributed by atoms with Crippen molar-refractivity contribution in [1.82, 2.24) is 14.5 Å². The Labute approximate surface area is 293 Å². The highest BCUT2D eigenvalue weighted by Crippen LogP contribution is 2.64. The van der Waals surface area contributed by atoms with Gasteiger partial charge in [-0.1, -0.05) is 48.8 Å². The molecule has 1 spiro atoms. The molecule has 0 bridgehead atoms. The molecular weight excluding hydrogens is 670 g/mol. The lowest BCUT2D eigenvalue weighted by Crippen LogP contribution is -2.53. The van der Waals surface area contributed by atoms with E-state index in [2.05, 4.69) is 14.8 Å². The number of likely N-dealkylation sites (tertiary alicyclic amines) is 1. The van der Waals surface area contributed by atoms with Crippen LogP contribution in [0.3, 0.4) is 0 Å². The maximum absolute atomic E-state index is 16.3. The number of Topliss-reactive ketones (excluding diaryl/α,β-unsaturated/α-hetero) is 1. The zero-order valence-electron chi connectivity index (χ0n) is 26.0. The van der Waals surface area contributed by atoms with Gasteiger partial charge < -0.3 is 25.2 Å². The monoisotopic (exact) mass is 708 g/mol. The van der Waals surface area contributed by atoms with Gasteiger partial charge in [-0.05, 0) is 67.1 Å². The van der Waals surface area contributed by atoms with Gasteiger partial charge in [-0.25, -0.2) is 9.37 Å². The van der Waals surface area contributed by atoms with E-state index in [1.807, 2.05) is 12.1 Å². The molecule has 1 aromatic heterocycles. The molecule has 0 radical (unpaired) electrons. The van der Waals surface area contributed by atoms with Gasteiger partial charge in [0.25, 0.3) is 0 Å². The van der Waals surface area contributed by atoms with Crippen molar-refractivity contribution in [2.45, 2.75) is 63.1 Å². The molecule has 1 amide bonds. The number of hydrogen-bond acceptors (Lipinski definition) is 7. The normalized spacial score (nSPS) is 24.4. The van der Waals surface area contributed by atoms with Crippen LogP contribution in [-0.4, -0.2) is 73.9 Å². The summed E-state index contributed by atoms with van der Waals surface area (Å²) in [5.41, 5.74) is 0.840. The van der Waals surface area contributed by atoms with Crippen molar-refractivity contribution in [2.75, 3.05) is 31.7 Å². The van der Waals surface area contributed by atoms with Gasteiger partial charge in [0.15, 0.2) is 5.78 Å². The standard InChI is InChI=1S/C36H35Cl2FN4O5.CH4/c37-21-7-8-23-25(13-21)41-34(48)36(23)31(22-2-1-3-24(38)32(22)39)30-28(43(36)15-19-4-5-19)10-11-42-27-9-6-20(12-26(27)40-33(30)42)29(47)14-35(16-44,17-45)18-46;/h1-3,6-9,12-13,19,28,30-31,44-46H,4-5,10-11,14-18H2,(H,41,48);1H4/t28-,30+,31-,36+;/m0./s1. The van der Waals surface area contributed by atoms with Crippen molar-refractivity contribution < 1.29 is 29.3 Å². The first-order valence-electron chi connectivity index (χ1n) is 16.3. The molecule has 4 aliphatic rings. The van der Waals surface area contributed by atoms with Crippen LogP contribution in [0.1, 0.15) is 72.3 Å². The lowest BCUT2D eigenvalue weighted by molar-refractivity contribution is -0.128. The summed E-state index contributed by atoms with van der Waals surface area (Å²) in [6, 6.07) is 15.4. The van der Waals surface area contributed by atoms with Crippen molar-refractivity contribution in [3.05, 3.63) is 93.0 Å². The maximum atomic E-state index is 16.3. The predicted molar refractivity (Wildman–Crippen MR) is 186 cm³/mol. The van der Waals surface area contributed by atoms with Crippen molar-refractivity contribution in [3.8, 4) is 0 Å². The summed E-state index contributed by atoms with van der Waals surface area (Å²) >= 11 is 12.8. The fourth-order valence-corrected chi connectivity index (χ4v) is 8.88. The van der Waals surface area contributed by atoms with Gasteiger partial charge in [0.2, 0.25) is 5.91 Å². The van der Waals surface area contributed by atoms with Crippen molar-refractivity contribution in [2.24, 2.45) is 11.3 Å². The molecule has 4 aromatic rings. The van der Waals surface area contributed by atoms with Gasteiger partial charge in [-0.15, -0.1) is 0 Å². The summed E-state index contributed by atoms with van der Waals surface area (Å²) in [6.07, 6.45) is 2.58. The number of aliphatic hydroxyl groups excluding tert-OH is 3. The Bertz CT molecular complexity index is 1970. The molecular formula is C37H39Cl2FN4O5. The maximum Gasteiger partial charge on any atom is 0.250 e. The number of carbonyl (C=O) groups excluding carboxylic acids is 2. The minimum absolute atomic E-state index is 0. The topological polar surface area (TPSA) is 128 Å². The Morgan fingerprint density at radius 2 is 1.80 bits per heavy atom. The number of aryl methyl sites for hydroxylation is 1. The van der Waals surface area contributed by atoms with E-state index in [1.165, 1.54) is 6.07 Å². The zero-order valence-corrected chi connectivity index (χ0v) is 27.5. The minimum Gasteiger partial charge on any atom is -0.396 e. The molecule has 8 rings (SSSR count). The van der Waals surface area contributed by atoms with Crippen LogP contribution < -0.4 is 5.32 Å². The number of benzene rings is 3. The molecule has 0 unspecified atom stereocenters. The summed E-state index contributed by atoms with van der Waals surface area (Å²) in [4.78, 5) is 35.4. The van der Waals surface area contributed by atoms with Crippen LogP contribution in [0.15, 0.2) is 54.6 Å². The first kappa shape index (κ1) is 34.1. The van der Waals surface area contributed by atoms with Gasteiger partial charge in [-0.2, -0.15) is 0 Å². The number of imidazole rings is 1. The van der Waals surface area contributed by atoms with Crippen LogP contribution in [0.25, 0.3) is 11.0 Å². The molecule has 4 heterocycles. The molecule has 4 N–H and O–H groups in total. The molecule has 4 atom stereocenters. The minimum atomic E-state index is -1.34. The van der Waals surface area contributed by atoms with E-state index in [4.69, 9.17) is 28.2 Å². The fourth-order valence-electron chi connectivity index (χ4n) is 8.53. The zero-order chi connectivity index (χ0) is 33.5. The number of carbonyl (C=O) groups is 2. The van der Waals surface area contributed by atoms with E-state index < -0.39 is 48.4 Å². The van der Waals surface area contributed by atoms with Crippen molar-refractivity contribution in [3.63, 3.8) is 0 Å². The second kappa shape index (κ2) is 12.4. The van der Waals surface area contributed by atoms with E-state index in [-0.39, 0.29) is 36.6 Å². The predicted octanol–water partition coefficient (Wildman–Crippen LogP) is 5.87. The largest absolute Gasteiger partial charge is 0.396 e. The third kappa shape index (κ3) is 5.06. The SMILES string of the molecule is C.O=C(CC(CO)(CO)CO)c1ccc2c(c1)nc1n2CC[C@H]2[C@@H]1[C@H](c1cccc(Cl)c1F)[C@]1(C(=O)Nc3cc(Cl)ccc31)N2CC1CC1. The quantitative estimate of drug-likeness (QED) is 0.160. The second-order valence-electron chi connectivity index (χ2n) is 13.9. The number of nitrogens with one attached hydrogen (secondary N) is 1. The highest BCUT2D eigenvalue weighted by molar-refractivity contribution is 6.31. The number of hydrogen-bond donors (Lipinski definition) is 4. The Balaban J connectivity index is 0.00000378. The smallest absolute Gasteiger partial charge is 0.250 e. The Morgan fingerprint density at radius 3 is 2.51 bits per heavy atom.